The van der Waals surface area contributed by atoms with Crippen molar-refractivity contribution >= 4 is 17.1 Å². The first-order valence-corrected chi connectivity index (χ1v) is 6.40. The second kappa shape index (κ2) is 4.90. The summed E-state index contributed by atoms with van der Waals surface area (Å²) in [6.45, 7) is 0.911. The fourth-order valence-corrected chi connectivity index (χ4v) is 2.96. The molecule has 2 nitrogen and oxygen atoms in total. The summed E-state index contributed by atoms with van der Waals surface area (Å²) in [6.07, 6.45) is 4.10. The summed E-state index contributed by atoms with van der Waals surface area (Å²) in [5.41, 5.74) is 0. The van der Waals surface area contributed by atoms with Gasteiger partial charge in [0.25, 0.3) is 0 Å². The van der Waals surface area contributed by atoms with Crippen molar-refractivity contribution < 1.29 is 4.79 Å². The van der Waals surface area contributed by atoms with Gasteiger partial charge in [0.05, 0.1) is 6.04 Å². The van der Waals surface area contributed by atoms with Crippen LogP contribution in [0.3, 0.4) is 0 Å². The van der Waals surface area contributed by atoms with Gasteiger partial charge in [0.1, 0.15) is 5.78 Å². The molecule has 1 aromatic rings. The van der Waals surface area contributed by atoms with Gasteiger partial charge in [0.15, 0.2) is 0 Å². The van der Waals surface area contributed by atoms with Gasteiger partial charge in [-0.05, 0) is 31.3 Å². The normalized spacial score (nSPS) is 22.3. The molecule has 1 fully saturated rings. The third kappa shape index (κ3) is 2.67. The standard InChI is InChI=1S/C12H17NOS/c1-13(9-10-5-4-8-15-10)11-6-2-3-7-12(11)14/h4-5,8,11H,2-3,6-7,9H2,1H3. The Morgan fingerprint density at radius 2 is 2.40 bits per heavy atom. The topological polar surface area (TPSA) is 20.3 Å². The lowest BCUT2D eigenvalue weighted by Crippen LogP contribution is -2.39. The molecule has 1 aliphatic rings. The summed E-state index contributed by atoms with van der Waals surface area (Å²) in [5.74, 6) is 0.431. The Balaban J connectivity index is 1.94. The van der Waals surface area contributed by atoms with Crippen LogP contribution in [0.1, 0.15) is 30.6 Å². The highest BCUT2D eigenvalue weighted by molar-refractivity contribution is 7.09. The maximum Gasteiger partial charge on any atom is 0.149 e. The molecule has 0 bridgehead atoms. The van der Waals surface area contributed by atoms with E-state index in [-0.39, 0.29) is 6.04 Å². The van der Waals surface area contributed by atoms with Crippen molar-refractivity contribution in [1.29, 1.82) is 0 Å². The number of ketones is 1. The van der Waals surface area contributed by atoms with Gasteiger partial charge in [-0.2, -0.15) is 0 Å². The van der Waals surface area contributed by atoms with Crippen LogP contribution in [0.15, 0.2) is 17.5 Å². The van der Waals surface area contributed by atoms with E-state index in [1.54, 1.807) is 11.3 Å². The predicted molar refractivity (Wildman–Crippen MR) is 63.0 cm³/mol. The molecule has 0 radical (unpaired) electrons. The van der Waals surface area contributed by atoms with Gasteiger partial charge in [-0.3, -0.25) is 9.69 Å². The molecule has 0 N–H and O–H groups in total. The van der Waals surface area contributed by atoms with Gasteiger partial charge in [-0.1, -0.05) is 12.5 Å². The van der Waals surface area contributed by atoms with Crippen LogP contribution in [0.25, 0.3) is 0 Å². The number of thiophene rings is 1. The molecule has 3 heteroatoms. The summed E-state index contributed by atoms with van der Waals surface area (Å²) < 4.78 is 0. The Kier molecular flexibility index (Phi) is 3.54. The van der Waals surface area contributed by atoms with Crippen LogP contribution in [0, 0.1) is 0 Å². The van der Waals surface area contributed by atoms with E-state index < -0.39 is 0 Å². The average Bonchev–Trinajstić information content (AvgIpc) is 2.71. The van der Waals surface area contributed by atoms with Crippen molar-refractivity contribution in [2.45, 2.75) is 38.3 Å². The molecular weight excluding hydrogens is 206 g/mol. The van der Waals surface area contributed by atoms with Gasteiger partial charge >= 0.3 is 0 Å². The number of carbonyl (C=O) groups is 1. The smallest absolute Gasteiger partial charge is 0.149 e. The van der Waals surface area contributed by atoms with E-state index in [1.165, 1.54) is 11.3 Å². The molecular formula is C12H17NOS. The van der Waals surface area contributed by atoms with E-state index in [9.17, 15) is 4.79 Å². The fourth-order valence-electron chi connectivity index (χ4n) is 2.19. The number of likely N-dealkylation sites (N-methyl/N-ethyl adjacent to an activating group) is 1. The molecule has 15 heavy (non-hydrogen) atoms. The Morgan fingerprint density at radius 1 is 1.53 bits per heavy atom. The van der Waals surface area contributed by atoms with E-state index in [2.05, 4.69) is 29.5 Å². The van der Waals surface area contributed by atoms with Crippen molar-refractivity contribution in [2.24, 2.45) is 0 Å². The highest BCUT2D eigenvalue weighted by Crippen LogP contribution is 2.21. The third-order valence-corrected chi connectivity index (χ3v) is 3.90. The van der Waals surface area contributed by atoms with Gasteiger partial charge in [-0.25, -0.2) is 0 Å². The monoisotopic (exact) mass is 223 g/mol. The maximum atomic E-state index is 11.7. The van der Waals surface area contributed by atoms with Crippen molar-refractivity contribution in [3.63, 3.8) is 0 Å². The highest BCUT2D eigenvalue weighted by atomic mass is 32.1. The zero-order chi connectivity index (χ0) is 10.7. The minimum absolute atomic E-state index is 0.167. The minimum Gasteiger partial charge on any atom is -0.298 e. The number of hydrogen-bond acceptors (Lipinski definition) is 3. The van der Waals surface area contributed by atoms with Gasteiger partial charge in [-0.15, -0.1) is 11.3 Å². The van der Waals surface area contributed by atoms with Gasteiger partial charge in [0.2, 0.25) is 0 Å². The molecule has 1 heterocycles. The summed E-state index contributed by atoms with van der Waals surface area (Å²) in [6, 6.07) is 4.37. The molecule has 0 aromatic carbocycles. The van der Waals surface area contributed by atoms with Crippen LogP contribution in [0.5, 0.6) is 0 Å². The molecule has 1 saturated carbocycles. The molecule has 82 valence electrons. The first kappa shape index (κ1) is 10.8. The molecule has 0 spiro atoms. The Bertz CT molecular complexity index is 320. The molecule has 1 aromatic heterocycles. The maximum absolute atomic E-state index is 11.7. The quantitative estimate of drug-likeness (QED) is 0.785. The second-order valence-corrected chi connectivity index (χ2v) is 5.25. The summed E-state index contributed by atoms with van der Waals surface area (Å²) in [5, 5.41) is 2.09. The number of Topliss-reactive ketones (excluding diaryl/α,β-unsaturated/α-hetero) is 1. The highest BCUT2D eigenvalue weighted by Gasteiger charge is 2.25. The van der Waals surface area contributed by atoms with E-state index in [4.69, 9.17) is 0 Å². The van der Waals surface area contributed by atoms with E-state index in [0.29, 0.717) is 5.78 Å². The zero-order valence-corrected chi connectivity index (χ0v) is 9.93. The van der Waals surface area contributed by atoms with Crippen LogP contribution in [-0.4, -0.2) is 23.8 Å². The third-order valence-electron chi connectivity index (χ3n) is 3.04. The predicted octanol–water partition coefficient (Wildman–Crippen LogP) is 2.69. The molecule has 1 unspecified atom stereocenters. The fraction of sp³-hybridized carbons (Fsp3) is 0.583. The average molecular weight is 223 g/mol. The van der Waals surface area contributed by atoms with Crippen LogP contribution in [-0.2, 0) is 11.3 Å². The van der Waals surface area contributed by atoms with Gasteiger partial charge in [0, 0.05) is 17.8 Å². The van der Waals surface area contributed by atoms with Crippen LogP contribution in [0.2, 0.25) is 0 Å². The summed E-state index contributed by atoms with van der Waals surface area (Å²) in [4.78, 5) is 15.3. The number of nitrogens with zero attached hydrogens (tertiary/aromatic N) is 1. The molecule has 1 atom stereocenters. The first-order chi connectivity index (χ1) is 7.27. The van der Waals surface area contributed by atoms with Crippen LogP contribution in [0.4, 0.5) is 0 Å². The summed E-state index contributed by atoms with van der Waals surface area (Å²) in [7, 11) is 2.06. The SMILES string of the molecule is CN(Cc1cccs1)C1CCCCC1=O. The number of hydrogen-bond donors (Lipinski definition) is 0. The Labute approximate surface area is 94.9 Å². The first-order valence-electron chi connectivity index (χ1n) is 5.52. The largest absolute Gasteiger partial charge is 0.298 e. The van der Waals surface area contributed by atoms with Crippen molar-refractivity contribution in [3.8, 4) is 0 Å². The molecule has 2 rings (SSSR count). The van der Waals surface area contributed by atoms with E-state index in [1.807, 2.05) is 0 Å². The van der Waals surface area contributed by atoms with Crippen molar-refractivity contribution in [2.75, 3.05) is 7.05 Å². The number of rotatable bonds is 3. The van der Waals surface area contributed by atoms with Crippen molar-refractivity contribution in [1.82, 2.24) is 4.90 Å². The molecule has 1 aliphatic carbocycles. The van der Waals surface area contributed by atoms with Crippen LogP contribution >= 0.6 is 11.3 Å². The molecule has 0 amide bonds. The van der Waals surface area contributed by atoms with E-state index >= 15 is 0 Å². The Morgan fingerprint density at radius 3 is 3.07 bits per heavy atom. The number of carbonyl (C=O) groups excluding carboxylic acids is 1. The second-order valence-electron chi connectivity index (χ2n) is 4.22. The Hall–Kier alpha value is -0.670. The molecule has 0 saturated heterocycles. The van der Waals surface area contributed by atoms with E-state index in [0.717, 1.165) is 25.8 Å². The lowest BCUT2D eigenvalue weighted by atomic mass is 9.93. The lowest BCUT2D eigenvalue weighted by molar-refractivity contribution is -0.125. The zero-order valence-electron chi connectivity index (χ0n) is 9.11. The van der Waals surface area contributed by atoms with Crippen LogP contribution < -0.4 is 0 Å². The summed E-state index contributed by atoms with van der Waals surface area (Å²) >= 11 is 1.76. The molecule has 0 aliphatic heterocycles. The van der Waals surface area contributed by atoms with Gasteiger partial charge < -0.3 is 0 Å². The van der Waals surface area contributed by atoms with Crippen molar-refractivity contribution in [3.05, 3.63) is 22.4 Å². The lowest BCUT2D eigenvalue weighted by Gasteiger charge is -2.29. The minimum atomic E-state index is 0.167.